The average molecular weight is 392 g/mol. The molecule has 0 amide bonds. The van der Waals surface area contributed by atoms with E-state index in [0.717, 1.165) is 32.5 Å². The van der Waals surface area contributed by atoms with Gasteiger partial charge in [0.25, 0.3) is 0 Å². The molecule has 2 N–H and O–H groups in total. The molecule has 6 heteroatoms. The molecule has 150 valence electrons. The van der Waals surface area contributed by atoms with Gasteiger partial charge in [-0.2, -0.15) is 0 Å². The van der Waals surface area contributed by atoms with Crippen molar-refractivity contribution in [1.29, 1.82) is 0 Å². The van der Waals surface area contributed by atoms with Crippen LogP contribution in [0.25, 0.3) is 0 Å². The molecule has 0 bridgehead atoms. The summed E-state index contributed by atoms with van der Waals surface area (Å²) in [4.78, 5) is 24.8. The van der Waals surface area contributed by atoms with Gasteiger partial charge in [0.05, 0.1) is 11.1 Å². The van der Waals surface area contributed by atoms with Crippen LogP contribution in [0.2, 0.25) is 0 Å². The van der Waals surface area contributed by atoms with Crippen LogP contribution in [0, 0.1) is 0 Å². The monoisotopic (exact) mass is 392 g/mol. The van der Waals surface area contributed by atoms with Crippen LogP contribution in [0.3, 0.4) is 0 Å². The first kappa shape index (κ1) is 19.4. The van der Waals surface area contributed by atoms with Gasteiger partial charge >= 0.3 is 0 Å². The molecular weight excluding hydrogens is 368 g/mol. The molecule has 1 aliphatic heterocycles. The lowest BCUT2D eigenvalue weighted by Crippen LogP contribution is -2.37. The lowest BCUT2D eigenvalue weighted by atomic mass is 9.87. The summed E-state index contributed by atoms with van der Waals surface area (Å²) in [7, 11) is 0. The molecule has 0 atom stereocenters. The summed E-state index contributed by atoms with van der Waals surface area (Å²) in [5, 5.41) is 25.5. The van der Waals surface area contributed by atoms with E-state index in [1.54, 1.807) is 0 Å². The number of hydrogen-bond donors (Lipinski definition) is 2. The van der Waals surface area contributed by atoms with E-state index >= 15 is 0 Å². The fourth-order valence-corrected chi connectivity index (χ4v) is 4.08. The number of Topliss-reactive ketones (excluding diaryl/α,β-unsaturated/α-hetero) is 1. The van der Waals surface area contributed by atoms with E-state index < -0.39 is 11.6 Å². The van der Waals surface area contributed by atoms with Gasteiger partial charge in [-0.25, -0.2) is 10.0 Å². The van der Waals surface area contributed by atoms with Crippen LogP contribution in [0.4, 0.5) is 0 Å². The summed E-state index contributed by atoms with van der Waals surface area (Å²) in [5.74, 6) is -1.35. The Hall–Kier alpha value is -2.96. The van der Waals surface area contributed by atoms with Crippen LogP contribution in [0.15, 0.2) is 48.0 Å². The highest BCUT2D eigenvalue weighted by molar-refractivity contribution is 6.26. The van der Waals surface area contributed by atoms with E-state index in [0.29, 0.717) is 12.1 Å². The normalized spacial score (nSPS) is 17.5. The van der Waals surface area contributed by atoms with E-state index in [-0.39, 0.29) is 28.2 Å². The lowest BCUT2D eigenvalue weighted by molar-refractivity contribution is 0.0195. The second kappa shape index (κ2) is 7.81. The Morgan fingerprint density at radius 1 is 1.00 bits per heavy atom. The van der Waals surface area contributed by atoms with Gasteiger partial charge in [0.2, 0.25) is 0 Å². The first-order valence-electron chi connectivity index (χ1n) is 9.84. The predicted molar refractivity (Wildman–Crippen MR) is 109 cm³/mol. The summed E-state index contributed by atoms with van der Waals surface area (Å²) in [5.41, 5.74) is 1.78. The largest absolute Gasteiger partial charge is 0.507 e. The number of fused-ring (bicyclic) bond motifs is 1. The molecule has 2 aliphatic rings. The van der Waals surface area contributed by atoms with Gasteiger partial charge in [-0.15, -0.1) is 0 Å². The molecule has 2 aromatic rings. The molecule has 0 radical (unpaired) electrons. The number of phenolic OH excluding ortho intramolecular Hbond substituents is 2. The number of allylic oxidation sites excluding steroid dienone is 2. The minimum Gasteiger partial charge on any atom is -0.507 e. The maximum Gasteiger partial charge on any atom is 0.193 e. The van der Waals surface area contributed by atoms with Gasteiger partial charge in [-0.1, -0.05) is 30.3 Å². The van der Waals surface area contributed by atoms with Crippen molar-refractivity contribution in [1.82, 2.24) is 10.0 Å². The lowest BCUT2D eigenvalue weighted by Gasteiger charge is -2.29. The van der Waals surface area contributed by atoms with Gasteiger partial charge in [-0.3, -0.25) is 9.59 Å². The van der Waals surface area contributed by atoms with Crippen molar-refractivity contribution in [3.8, 4) is 11.5 Å². The first-order valence-corrected chi connectivity index (χ1v) is 9.84. The Morgan fingerprint density at radius 2 is 1.72 bits per heavy atom. The van der Waals surface area contributed by atoms with E-state index in [9.17, 15) is 19.8 Å². The second-order valence-electron chi connectivity index (χ2n) is 7.61. The molecule has 6 nitrogen and oxygen atoms in total. The highest BCUT2D eigenvalue weighted by atomic mass is 16.3. The van der Waals surface area contributed by atoms with Crippen LogP contribution in [-0.2, 0) is 13.0 Å². The number of hydrazine groups is 1. The van der Waals surface area contributed by atoms with Crippen molar-refractivity contribution in [2.45, 2.75) is 26.3 Å². The molecule has 29 heavy (non-hydrogen) atoms. The Bertz CT molecular complexity index is 998. The van der Waals surface area contributed by atoms with E-state index in [4.69, 9.17) is 0 Å². The predicted octanol–water partition coefficient (Wildman–Crippen LogP) is 3.09. The van der Waals surface area contributed by atoms with Crippen LogP contribution in [0.1, 0.15) is 45.2 Å². The van der Waals surface area contributed by atoms with Crippen molar-refractivity contribution in [3.05, 3.63) is 70.3 Å². The van der Waals surface area contributed by atoms with Crippen molar-refractivity contribution < 1.29 is 19.8 Å². The zero-order chi connectivity index (χ0) is 20.5. The molecule has 0 spiro atoms. The molecule has 0 aromatic heterocycles. The number of ketones is 2. The molecular formula is C23H24N2O4. The Balaban J connectivity index is 1.55. The number of hydrogen-bond acceptors (Lipinski definition) is 6. The fraction of sp³-hybridized carbons (Fsp3) is 0.304. The van der Waals surface area contributed by atoms with Crippen LogP contribution < -0.4 is 0 Å². The quantitative estimate of drug-likeness (QED) is 0.761. The molecule has 1 heterocycles. The fourth-order valence-electron chi connectivity index (χ4n) is 4.08. The zero-order valence-electron chi connectivity index (χ0n) is 16.4. The van der Waals surface area contributed by atoms with Gasteiger partial charge in [-0.05, 0) is 37.5 Å². The highest BCUT2D eigenvalue weighted by Crippen LogP contribution is 2.38. The maximum atomic E-state index is 12.4. The van der Waals surface area contributed by atoms with Gasteiger partial charge in [0, 0.05) is 37.3 Å². The van der Waals surface area contributed by atoms with Crippen LogP contribution in [-0.4, -0.2) is 51.4 Å². The summed E-state index contributed by atoms with van der Waals surface area (Å²) < 4.78 is 0. The van der Waals surface area contributed by atoms with Crippen molar-refractivity contribution in [2.75, 3.05) is 19.6 Å². The number of phenols is 2. The zero-order valence-corrected chi connectivity index (χ0v) is 16.4. The van der Waals surface area contributed by atoms with Gasteiger partial charge < -0.3 is 10.2 Å². The third-order valence-electron chi connectivity index (χ3n) is 5.62. The Labute approximate surface area is 169 Å². The van der Waals surface area contributed by atoms with Crippen LogP contribution in [0.5, 0.6) is 11.5 Å². The standard InChI is InChI=1S/C23H24N2O4/c1-15-12-18(26)21-20(22(15)28)19(27)13-17(23(21)29)14-25-10-5-9-24(25)11-8-16-6-3-2-4-7-16/h2-4,6-7,12-13,27,29H,5,8-11,14H2,1H3. The number of carbonyl (C=O) groups is 2. The minimum atomic E-state index is -0.450. The van der Waals surface area contributed by atoms with E-state index in [1.807, 2.05) is 18.2 Å². The molecule has 2 aromatic carbocycles. The van der Waals surface area contributed by atoms with Gasteiger partial charge in [0.15, 0.2) is 11.6 Å². The first-order chi connectivity index (χ1) is 14.0. The third-order valence-corrected chi connectivity index (χ3v) is 5.62. The molecule has 1 aliphatic carbocycles. The summed E-state index contributed by atoms with van der Waals surface area (Å²) in [6, 6.07) is 11.7. The Kier molecular flexibility index (Phi) is 5.22. The summed E-state index contributed by atoms with van der Waals surface area (Å²) in [6.45, 7) is 4.50. The number of rotatable bonds is 5. The number of carbonyl (C=O) groups excluding carboxylic acids is 2. The molecule has 0 saturated carbocycles. The average Bonchev–Trinajstić information content (AvgIpc) is 3.15. The number of nitrogens with zero attached hydrogens (tertiary/aromatic N) is 2. The third kappa shape index (κ3) is 3.69. The van der Waals surface area contributed by atoms with Crippen molar-refractivity contribution >= 4 is 11.6 Å². The summed E-state index contributed by atoms with van der Waals surface area (Å²) >= 11 is 0. The summed E-state index contributed by atoms with van der Waals surface area (Å²) in [6.07, 6.45) is 3.14. The highest BCUT2D eigenvalue weighted by Gasteiger charge is 2.32. The molecule has 4 rings (SSSR count). The van der Waals surface area contributed by atoms with Gasteiger partial charge in [0.1, 0.15) is 11.5 Å². The van der Waals surface area contributed by atoms with E-state index in [1.165, 1.54) is 24.6 Å². The SMILES string of the molecule is CC1=CC(=O)c2c(O)c(CN3CCCN3CCc3ccccc3)cc(O)c2C1=O. The topological polar surface area (TPSA) is 81.1 Å². The minimum absolute atomic E-state index is 0.0920. The van der Waals surface area contributed by atoms with Crippen LogP contribution >= 0.6 is 0 Å². The number of aromatic hydroxyl groups is 2. The molecule has 1 saturated heterocycles. The van der Waals surface area contributed by atoms with Crippen molar-refractivity contribution in [3.63, 3.8) is 0 Å². The number of benzene rings is 2. The van der Waals surface area contributed by atoms with Crippen molar-refractivity contribution in [2.24, 2.45) is 0 Å². The molecule has 1 fully saturated rings. The maximum absolute atomic E-state index is 12.4. The second-order valence-corrected chi connectivity index (χ2v) is 7.61. The Morgan fingerprint density at radius 3 is 2.48 bits per heavy atom. The molecule has 0 unspecified atom stereocenters. The smallest absolute Gasteiger partial charge is 0.193 e. The van der Waals surface area contributed by atoms with E-state index in [2.05, 4.69) is 22.2 Å².